The van der Waals surface area contributed by atoms with E-state index in [1.165, 1.54) is 12.1 Å². The molecule has 174 valence electrons. The number of halogens is 1. The summed E-state index contributed by atoms with van der Waals surface area (Å²) in [6.45, 7) is 3.99. The second kappa shape index (κ2) is 9.21. The summed E-state index contributed by atoms with van der Waals surface area (Å²) in [5.41, 5.74) is 1.71. The van der Waals surface area contributed by atoms with Crippen LogP contribution >= 0.6 is 0 Å². The maximum absolute atomic E-state index is 14.4. The lowest BCUT2D eigenvalue weighted by molar-refractivity contribution is 0.234. The zero-order chi connectivity index (χ0) is 22.9. The van der Waals surface area contributed by atoms with E-state index in [4.69, 9.17) is 0 Å². The number of likely N-dealkylation sites (tertiary alicyclic amines) is 1. The van der Waals surface area contributed by atoms with E-state index in [0.717, 1.165) is 37.6 Å². The van der Waals surface area contributed by atoms with Crippen molar-refractivity contribution in [2.75, 3.05) is 31.1 Å². The van der Waals surface area contributed by atoms with Crippen molar-refractivity contribution in [1.82, 2.24) is 10.2 Å². The highest BCUT2D eigenvalue weighted by Crippen LogP contribution is 2.30. The predicted octanol–water partition coefficient (Wildman–Crippen LogP) is 2.50. The van der Waals surface area contributed by atoms with Crippen molar-refractivity contribution in [3.05, 3.63) is 65.5 Å². The summed E-state index contributed by atoms with van der Waals surface area (Å²) in [4.78, 5) is 1.92. The van der Waals surface area contributed by atoms with Crippen LogP contribution in [-0.4, -0.2) is 64.2 Å². The van der Waals surface area contributed by atoms with Gasteiger partial charge in [0.05, 0.1) is 16.8 Å². The minimum absolute atomic E-state index is 0.0149. The molecule has 0 aromatic heterocycles. The molecule has 2 heterocycles. The van der Waals surface area contributed by atoms with Gasteiger partial charge >= 0.3 is 0 Å². The first kappa shape index (κ1) is 23.4. The zero-order valence-electron chi connectivity index (χ0n) is 18.1. The van der Waals surface area contributed by atoms with Crippen LogP contribution in [0.2, 0.25) is 0 Å². The van der Waals surface area contributed by atoms with E-state index < -0.39 is 47.4 Å². The van der Waals surface area contributed by atoms with Gasteiger partial charge < -0.3 is 5.32 Å². The topological polar surface area (TPSA) is 83.5 Å². The van der Waals surface area contributed by atoms with Crippen LogP contribution in [0.1, 0.15) is 30.0 Å². The summed E-state index contributed by atoms with van der Waals surface area (Å²) in [5, 5.41) is 2.03. The lowest BCUT2D eigenvalue weighted by Gasteiger charge is -2.30. The number of benzene rings is 2. The lowest BCUT2D eigenvalue weighted by Crippen LogP contribution is -2.46. The van der Waals surface area contributed by atoms with E-state index >= 15 is 0 Å². The standard InChI is InChI=1S/C23H29FN2O4S2/c1-17-9-10-19(24)22(13-17)32(29,30)23-16-31(27,28)15-20(23)25-14-21(26-11-5-6-12-26)18-7-3-2-4-8-18/h2-4,7-10,13,20-21,23,25H,5-6,11-12,14-16H2,1H3/t20-,21?,23-/m0/s1. The molecule has 2 aliphatic rings. The SMILES string of the molecule is Cc1ccc(F)c(S(=O)(=O)[C@H]2CS(=O)(=O)C[C@@H]2NCC(c2ccccc2)N2CCCC2)c1. The van der Waals surface area contributed by atoms with Crippen molar-refractivity contribution in [3.63, 3.8) is 0 Å². The van der Waals surface area contributed by atoms with Gasteiger partial charge in [-0.1, -0.05) is 36.4 Å². The Labute approximate surface area is 189 Å². The van der Waals surface area contributed by atoms with Gasteiger partial charge in [0.15, 0.2) is 19.7 Å². The minimum atomic E-state index is -4.17. The van der Waals surface area contributed by atoms with Crippen LogP contribution in [0.5, 0.6) is 0 Å². The van der Waals surface area contributed by atoms with Crippen molar-refractivity contribution >= 4 is 19.7 Å². The maximum atomic E-state index is 14.4. The normalized spacial score (nSPS) is 24.6. The second-order valence-corrected chi connectivity index (χ2v) is 13.1. The summed E-state index contributed by atoms with van der Waals surface area (Å²) >= 11 is 0. The van der Waals surface area contributed by atoms with Crippen LogP contribution in [0.4, 0.5) is 4.39 Å². The number of hydrogen-bond donors (Lipinski definition) is 1. The van der Waals surface area contributed by atoms with Gasteiger partial charge in [0.1, 0.15) is 10.7 Å². The quantitative estimate of drug-likeness (QED) is 0.656. The molecule has 0 aliphatic carbocycles. The minimum Gasteiger partial charge on any atom is -0.310 e. The van der Waals surface area contributed by atoms with Crippen LogP contribution < -0.4 is 5.32 Å². The Morgan fingerprint density at radius 1 is 1.09 bits per heavy atom. The third-order valence-corrected chi connectivity index (χ3v) is 10.6. The average Bonchev–Trinajstić information content (AvgIpc) is 3.39. The van der Waals surface area contributed by atoms with Gasteiger partial charge in [-0.15, -0.1) is 0 Å². The third kappa shape index (κ3) is 4.90. The molecule has 9 heteroatoms. The fourth-order valence-corrected chi connectivity index (χ4v) is 9.62. The fraction of sp³-hybridized carbons (Fsp3) is 0.478. The molecule has 3 atom stereocenters. The molecule has 4 rings (SSSR count). The molecule has 32 heavy (non-hydrogen) atoms. The summed E-state index contributed by atoms with van der Waals surface area (Å²) in [6.07, 6.45) is 2.20. The number of nitrogens with zero attached hydrogens (tertiary/aromatic N) is 1. The van der Waals surface area contributed by atoms with E-state index in [0.29, 0.717) is 12.1 Å². The van der Waals surface area contributed by atoms with Gasteiger partial charge in [0.2, 0.25) is 0 Å². The van der Waals surface area contributed by atoms with Gasteiger partial charge in [-0.3, -0.25) is 4.90 Å². The monoisotopic (exact) mass is 480 g/mol. The van der Waals surface area contributed by atoms with Crippen LogP contribution in [-0.2, 0) is 19.7 Å². The number of sulfone groups is 2. The molecule has 2 aromatic carbocycles. The van der Waals surface area contributed by atoms with Gasteiger partial charge in [0.25, 0.3) is 0 Å². The number of aryl methyl sites for hydroxylation is 1. The highest BCUT2D eigenvalue weighted by Gasteiger charge is 2.46. The average molecular weight is 481 g/mol. The van der Waals surface area contributed by atoms with Crippen LogP contribution in [0.3, 0.4) is 0 Å². The Bertz CT molecular complexity index is 1160. The Kier molecular flexibility index (Phi) is 6.72. The highest BCUT2D eigenvalue weighted by atomic mass is 32.2. The highest BCUT2D eigenvalue weighted by molar-refractivity contribution is 7.96. The predicted molar refractivity (Wildman–Crippen MR) is 123 cm³/mol. The van der Waals surface area contributed by atoms with Gasteiger partial charge in [0, 0.05) is 18.6 Å². The molecule has 0 spiro atoms. The summed E-state index contributed by atoms with van der Waals surface area (Å²) in [7, 11) is -7.74. The van der Waals surface area contributed by atoms with Crippen LogP contribution in [0.15, 0.2) is 53.4 Å². The molecule has 0 radical (unpaired) electrons. The van der Waals surface area contributed by atoms with E-state index in [1.54, 1.807) is 6.92 Å². The van der Waals surface area contributed by atoms with Gasteiger partial charge in [-0.2, -0.15) is 0 Å². The van der Waals surface area contributed by atoms with Crippen LogP contribution in [0, 0.1) is 12.7 Å². The van der Waals surface area contributed by atoms with Crippen molar-refractivity contribution in [2.45, 2.75) is 42.0 Å². The van der Waals surface area contributed by atoms with Crippen molar-refractivity contribution in [2.24, 2.45) is 0 Å². The Morgan fingerprint density at radius 3 is 2.47 bits per heavy atom. The molecule has 1 unspecified atom stereocenters. The van der Waals surface area contributed by atoms with E-state index in [2.05, 4.69) is 10.2 Å². The van der Waals surface area contributed by atoms with Crippen molar-refractivity contribution < 1.29 is 21.2 Å². The number of hydrogen-bond acceptors (Lipinski definition) is 6. The third-order valence-electron chi connectivity index (χ3n) is 6.43. The summed E-state index contributed by atoms with van der Waals surface area (Å²) in [5.74, 6) is -1.62. The molecule has 0 bridgehead atoms. The Balaban J connectivity index is 1.60. The number of rotatable bonds is 7. The molecule has 1 N–H and O–H groups in total. The van der Waals surface area contributed by atoms with E-state index in [9.17, 15) is 21.2 Å². The smallest absolute Gasteiger partial charge is 0.186 e. The second-order valence-electron chi connectivity index (χ2n) is 8.78. The molecule has 0 amide bonds. The lowest BCUT2D eigenvalue weighted by atomic mass is 10.0. The largest absolute Gasteiger partial charge is 0.310 e. The summed E-state index contributed by atoms with van der Waals surface area (Å²) < 4.78 is 66.0. The molecule has 2 aliphatic heterocycles. The first-order valence-electron chi connectivity index (χ1n) is 10.9. The molecular formula is C23H29FN2O4S2. The maximum Gasteiger partial charge on any atom is 0.186 e. The van der Waals surface area contributed by atoms with Crippen molar-refractivity contribution in [1.29, 1.82) is 0 Å². The Morgan fingerprint density at radius 2 is 1.78 bits per heavy atom. The molecule has 2 saturated heterocycles. The molecule has 0 saturated carbocycles. The first-order chi connectivity index (χ1) is 15.2. The van der Waals surface area contributed by atoms with Crippen molar-refractivity contribution in [3.8, 4) is 0 Å². The Hall–Kier alpha value is -1.81. The van der Waals surface area contributed by atoms with Gasteiger partial charge in [-0.25, -0.2) is 21.2 Å². The fourth-order valence-electron chi connectivity index (χ4n) is 4.75. The summed E-state index contributed by atoms with van der Waals surface area (Å²) in [6, 6.07) is 13.1. The molecule has 6 nitrogen and oxygen atoms in total. The van der Waals surface area contributed by atoms with Crippen LogP contribution in [0.25, 0.3) is 0 Å². The van der Waals surface area contributed by atoms with E-state index in [1.807, 2.05) is 30.3 Å². The number of nitrogens with one attached hydrogen (secondary N) is 1. The molecule has 2 fully saturated rings. The molecular weight excluding hydrogens is 451 g/mol. The zero-order valence-corrected chi connectivity index (χ0v) is 19.7. The van der Waals surface area contributed by atoms with E-state index in [-0.39, 0.29) is 11.8 Å². The van der Waals surface area contributed by atoms with Gasteiger partial charge in [-0.05, 0) is 56.1 Å². The first-order valence-corrected chi connectivity index (χ1v) is 14.3. The molecule has 2 aromatic rings.